The molecule has 0 fully saturated rings. The minimum absolute atomic E-state index is 0.0897. The third-order valence-corrected chi connectivity index (χ3v) is 2.62. The van der Waals surface area contributed by atoms with Crippen molar-refractivity contribution in [3.05, 3.63) is 29.8 Å². The molecular weight excluding hydrogens is 232 g/mol. The Morgan fingerprint density at radius 2 is 2.17 bits per heavy atom. The van der Waals surface area contributed by atoms with E-state index in [2.05, 4.69) is 0 Å². The highest BCUT2D eigenvalue weighted by atomic mass is 16.5. The molecule has 100 valence electrons. The van der Waals surface area contributed by atoms with E-state index in [4.69, 9.17) is 15.6 Å². The number of aliphatic hydroxyl groups excluding tert-OH is 1. The highest BCUT2D eigenvalue weighted by Gasteiger charge is 2.18. The van der Waals surface area contributed by atoms with E-state index in [-0.39, 0.29) is 19.1 Å². The largest absolute Gasteiger partial charge is 0.496 e. The molecule has 1 amide bonds. The van der Waals surface area contributed by atoms with Crippen LogP contribution >= 0.6 is 0 Å². The number of nitrogens with zero attached hydrogens (tertiary/aromatic N) is 1. The Labute approximate surface area is 107 Å². The first kappa shape index (κ1) is 14.5. The maximum absolute atomic E-state index is 11.9. The van der Waals surface area contributed by atoms with Crippen LogP contribution < -0.4 is 10.5 Å². The molecule has 0 spiro atoms. The van der Waals surface area contributed by atoms with Gasteiger partial charge < -0.3 is 20.5 Å². The van der Waals surface area contributed by atoms with Crippen LogP contribution in [0.15, 0.2) is 24.3 Å². The molecule has 1 aromatic rings. The van der Waals surface area contributed by atoms with Crippen LogP contribution in [0.25, 0.3) is 0 Å². The zero-order valence-corrected chi connectivity index (χ0v) is 10.8. The first-order valence-electron chi connectivity index (χ1n) is 5.87. The number of methoxy groups -OCH3 is 1. The highest BCUT2D eigenvalue weighted by molar-refractivity contribution is 5.81. The van der Waals surface area contributed by atoms with Crippen molar-refractivity contribution in [2.24, 2.45) is 5.73 Å². The number of ether oxygens (including phenoxy) is 1. The van der Waals surface area contributed by atoms with Crippen molar-refractivity contribution in [3.63, 3.8) is 0 Å². The predicted octanol–water partition coefficient (Wildman–Crippen LogP) is 0.363. The molecule has 1 aromatic carbocycles. The number of amides is 1. The molecule has 0 aliphatic heterocycles. The van der Waals surface area contributed by atoms with Crippen molar-refractivity contribution < 1.29 is 14.6 Å². The molecule has 18 heavy (non-hydrogen) atoms. The molecule has 0 saturated carbocycles. The standard InChI is InChI=1S/C13H20N2O3/c1-10(14)13(17)15(7-8-16)9-11-5-3-4-6-12(11)18-2/h3-6,10,16H,7-9,14H2,1-2H3/t10-/m1/s1. The number of hydrogen-bond acceptors (Lipinski definition) is 4. The van der Waals surface area contributed by atoms with E-state index >= 15 is 0 Å². The van der Waals surface area contributed by atoms with Gasteiger partial charge in [0.15, 0.2) is 0 Å². The molecule has 5 heteroatoms. The van der Waals surface area contributed by atoms with E-state index in [1.165, 1.54) is 4.90 Å². The van der Waals surface area contributed by atoms with E-state index < -0.39 is 6.04 Å². The van der Waals surface area contributed by atoms with E-state index in [0.717, 1.165) is 11.3 Å². The van der Waals surface area contributed by atoms with Crippen LogP contribution in [0.4, 0.5) is 0 Å². The summed E-state index contributed by atoms with van der Waals surface area (Å²) >= 11 is 0. The van der Waals surface area contributed by atoms with Crippen molar-refractivity contribution >= 4 is 5.91 Å². The van der Waals surface area contributed by atoms with Crippen molar-refractivity contribution in [1.82, 2.24) is 4.90 Å². The van der Waals surface area contributed by atoms with Gasteiger partial charge in [-0.15, -0.1) is 0 Å². The number of carbonyl (C=O) groups excluding carboxylic acids is 1. The van der Waals surface area contributed by atoms with Crippen LogP contribution in [0, 0.1) is 0 Å². The zero-order valence-electron chi connectivity index (χ0n) is 10.8. The Hall–Kier alpha value is -1.59. The Kier molecular flexibility index (Phi) is 5.61. The second-order valence-corrected chi connectivity index (χ2v) is 4.08. The molecule has 0 bridgehead atoms. The molecule has 0 aliphatic carbocycles. The molecule has 0 saturated heterocycles. The van der Waals surface area contributed by atoms with Crippen molar-refractivity contribution in [2.45, 2.75) is 19.5 Å². The molecule has 0 radical (unpaired) electrons. The van der Waals surface area contributed by atoms with Crippen LogP contribution in [0.2, 0.25) is 0 Å². The Morgan fingerprint density at radius 3 is 2.72 bits per heavy atom. The van der Waals surface area contributed by atoms with Gasteiger partial charge in [0.1, 0.15) is 5.75 Å². The zero-order chi connectivity index (χ0) is 13.5. The normalized spacial score (nSPS) is 12.0. The van der Waals surface area contributed by atoms with Gasteiger partial charge in [0, 0.05) is 18.7 Å². The number of rotatable bonds is 6. The Bertz CT molecular complexity index is 394. The monoisotopic (exact) mass is 252 g/mol. The third-order valence-electron chi connectivity index (χ3n) is 2.62. The molecule has 0 aliphatic rings. The van der Waals surface area contributed by atoms with Gasteiger partial charge in [-0.3, -0.25) is 4.79 Å². The van der Waals surface area contributed by atoms with Crippen molar-refractivity contribution in [3.8, 4) is 5.75 Å². The number of carbonyl (C=O) groups is 1. The summed E-state index contributed by atoms with van der Waals surface area (Å²) in [6.45, 7) is 2.19. The SMILES string of the molecule is COc1ccccc1CN(CCO)C(=O)[C@@H](C)N. The van der Waals surface area contributed by atoms with Gasteiger partial charge in [0.25, 0.3) is 0 Å². The van der Waals surface area contributed by atoms with Gasteiger partial charge in [0.2, 0.25) is 5.91 Å². The second kappa shape index (κ2) is 6.98. The van der Waals surface area contributed by atoms with Crippen LogP contribution in [0.3, 0.4) is 0 Å². The summed E-state index contributed by atoms with van der Waals surface area (Å²) in [7, 11) is 1.59. The summed E-state index contributed by atoms with van der Waals surface area (Å²) in [4.78, 5) is 13.4. The van der Waals surface area contributed by atoms with Gasteiger partial charge >= 0.3 is 0 Å². The van der Waals surface area contributed by atoms with Crippen LogP contribution in [0.1, 0.15) is 12.5 Å². The quantitative estimate of drug-likeness (QED) is 0.766. The summed E-state index contributed by atoms with van der Waals surface area (Å²) in [5.74, 6) is 0.535. The minimum atomic E-state index is -0.578. The summed E-state index contributed by atoms with van der Waals surface area (Å²) in [6, 6.07) is 6.89. The smallest absolute Gasteiger partial charge is 0.239 e. The van der Waals surface area contributed by atoms with E-state index in [1.54, 1.807) is 14.0 Å². The van der Waals surface area contributed by atoms with Gasteiger partial charge in [-0.05, 0) is 13.0 Å². The fraction of sp³-hybridized carbons (Fsp3) is 0.462. The van der Waals surface area contributed by atoms with Crippen LogP contribution in [-0.2, 0) is 11.3 Å². The maximum Gasteiger partial charge on any atom is 0.239 e. The lowest BCUT2D eigenvalue weighted by atomic mass is 10.1. The Balaban J connectivity index is 2.86. The summed E-state index contributed by atoms with van der Waals surface area (Å²) < 4.78 is 5.23. The molecule has 0 unspecified atom stereocenters. The van der Waals surface area contributed by atoms with Gasteiger partial charge in [-0.2, -0.15) is 0 Å². The van der Waals surface area contributed by atoms with Crippen LogP contribution in [0.5, 0.6) is 5.75 Å². The van der Waals surface area contributed by atoms with Crippen LogP contribution in [-0.4, -0.2) is 42.2 Å². The third kappa shape index (κ3) is 3.72. The van der Waals surface area contributed by atoms with Crippen molar-refractivity contribution in [1.29, 1.82) is 0 Å². The van der Waals surface area contributed by atoms with Gasteiger partial charge in [0.05, 0.1) is 19.8 Å². The molecule has 1 rings (SSSR count). The van der Waals surface area contributed by atoms with E-state index in [1.807, 2.05) is 24.3 Å². The predicted molar refractivity (Wildman–Crippen MR) is 69.1 cm³/mol. The number of nitrogens with two attached hydrogens (primary N) is 1. The summed E-state index contributed by atoms with van der Waals surface area (Å²) in [5.41, 5.74) is 6.48. The fourth-order valence-electron chi connectivity index (χ4n) is 1.72. The summed E-state index contributed by atoms with van der Waals surface area (Å²) in [5, 5.41) is 9.01. The number of aliphatic hydroxyl groups is 1. The summed E-state index contributed by atoms with van der Waals surface area (Å²) in [6.07, 6.45) is 0. The number of hydrogen-bond donors (Lipinski definition) is 2. The second-order valence-electron chi connectivity index (χ2n) is 4.08. The maximum atomic E-state index is 11.9. The van der Waals surface area contributed by atoms with E-state index in [0.29, 0.717) is 6.54 Å². The molecule has 5 nitrogen and oxygen atoms in total. The van der Waals surface area contributed by atoms with Gasteiger partial charge in [-0.25, -0.2) is 0 Å². The average molecular weight is 252 g/mol. The lowest BCUT2D eigenvalue weighted by Gasteiger charge is -2.24. The van der Waals surface area contributed by atoms with E-state index in [9.17, 15) is 4.79 Å². The molecule has 1 atom stereocenters. The van der Waals surface area contributed by atoms with Crippen molar-refractivity contribution in [2.75, 3.05) is 20.3 Å². The molecular formula is C13H20N2O3. The first-order chi connectivity index (χ1) is 8.60. The topological polar surface area (TPSA) is 75.8 Å². The first-order valence-corrected chi connectivity index (χ1v) is 5.87. The molecule has 0 heterocycles. The Morgan fingerprint density at radius 1 is 1.50 bits per heavy atom. The number of para-hydroxylation sites is 1. The number of benzene rings is 1. The molecule has 0 aromatic heterocycles. The minimum Gasteiger partial charge on any atom is -0.496 e. The average Bonchev–Trinajstić information content (AvgIpc) is 2.37. The lowest BCUT2D eigenvalue weighted by molar-refractivity contribution is -0.133. The molecule has 3 N–H and O–H groups in total. The fourth-order valence-corrected chi connectivity index (χ4v) is 1.72. The lowest BCUT2D eigenvalue weighted by Crippen LogP contribution is -2.43. The van der Waals surface area contributed by atoms with Gasteiger partial charge in [-0.1, -0.05) is 18.2 Å². The highest BCUT2D eigenvalue weighted by Crippen LogP contribution is 2.19.